The largest absolute Gasteiger partial charge is 0.337 e. The van der Waals surface area contributed by atoms with Crippen molar-refractivity contribution >= 4 is 21.9 Å². The van der Waals surface area contributed by atoms with Gasteiger partial charge in [-0.15, -0.1) is 0 Å². The molecule has 2 heterocycles. The maximum Gasteiger partial charge on any atom is 0.225 e. The van der Waals surface area contributed by atoms with Crippen LogP contribution in [0.5, 0.6) is 0 Å². The molecule has 21 heavy (non-hydrogen) atoms. The molecule has 1 fully saturated rings. The predicted molar refractivity (Wildman–Crippen MR) is 89.7 cm³/mol. The summed E-state index contributed by atoms with van der Waals surface area (Å²) in [7, 11) is 0. The molecule has 0 spiro atoms. The maximum atomic E-state index is 4.47. The summed E-state index contributed by atoms with van der Waals surface area (Å²) in [6.07, 6.45) is 5.93. The summed E-state index contributed by atoms with van der Waals surface area (Å²) in [4.78, 5) is 11.3. The van der Waals surface area contributed by atoms with Crippen molar-refractivity contribution in [1.29, 1.82) is 0 Å². The van der Waals surface area contributed by atoms with E-state index in [1.54, 1.807) is 0 Å². The molecular weight excluding hydrogens is 326 g/mol. The lowest BCUT2D eigenvalue weighted by atomic mass is 9.90. The summed E-state index contributed by atoms with van der Waals surface area (Å²) < 4.78 is 0.925. The Bertz CT molecular complexity index is 541. The Kier molecular flexibility index (Phi) is 4.24. The van der Waals surface area contributed by atoms with Crippen LogP contribution in [0.25, 0.3) is 0 Å². The molecule has 110 valence electrons. The highest BCUT2D eigenvalue weighted by Crippen LogP contribution is 2.37. The van der Waals surface area contributed by atoms with Crippen molar-refractivity contribution in [3.63, 3.8) is 0 Å². The molecule has 3 rings (SSSR count). The van der Waals surface area contributed by atoms with Crippen molar-refractivity contribution in [3.05, 3.63) is 52.3 Å². The van der Waals surface area contributed by atoms with Crippen LogP contribution in [0.1, 0.15) is 36.8 Å². The van der Waals surface area contributed by atoms with Crippen LogP contribution in [0.3, 0.4) is 0 Å². The third-order valence-corrected chi connectivity index (χ3v) is 4.74. The van der Waals surface area contributed by atoms with Gasteiger partial charge in [-0.3, -0.25) is 0 Å². The molecule has 2 atom stereocenters. The van der Waals surface area contributed by atoms with Crippen LogP contribution in [-0.2, 0) is 0 Å². The van der Waals surface area contributed by atoms with E-state index in [1.807, 2.05) is 12.4 Å². The molecule has 1 saturated heterocycles. The first-order valence-corrected chi connectivity index (χ1v) is 8.29. The topological polar surface area (TPSA) is 29.0 Å². The Morgan fingerprint density at radius 3 is 2.48 bits per heavy atom. The van der Waals surface area contributed by atoms with Crippen LogP contribution in [0.4, 0.5) is 5.95 Å². The van der Waals surface area contributed by atoms with E-state index in [1.165, 1.54) is 17.5 Å². The second-order valence-corrected chi connectivity index (χ2v) is 6.59. The molecule has 2 aromatic rings. The Hall–Kier alpha value is -1.42. The average molecular weight is 346 g/mol. The fourth-order valence-electron chi connectivity index (χ4n) is 3.26. The second-order valence-electron chi connectivity index (χ2n) is 5.68. The molecule has 1 aromatic heterocycles. The lowest BCUT2D eigenvalue weighted by Crippen LogP contribution is -2.32. The van der Waals surface area contributed by atoms with Gasteiger partial charge in [-0.2, -0.15) is 0 Å². The van der Waals surface area contributed by atoms with Gasteiger partial charge in [0, 0.05) is 30.9 Å². The zero-order chi connectivity index (χ0) is 14.8. The van der Waals surface area contributed by atoms with E-state index in [4.69, 9.17) is 0 Å². The molecule has 0 saturated carbocycles. The number of hydrogen-bond acceptors (Lipinski definition) is 3. The van der Waals surface area contributed by atoms with Crippen molar-refractivity contribution in [2.24, 2.45) is 0 Å². The number of benzene rings is 1. The minimum atomic E-state index is 0.480. The molecule has 0 aliphatic carbocycles. The molecule has 1 aromatic carbocycles. The fraction of sp³-hybridized carbons (Fsp3) is 0.412. The van der Waals surface area contributed by atoms with Gasteiger partial charge in [0.05, 0.1) is 4.47 Å². The molecule has 1 aliphatic heterocycles. The zero-order valence-electron chi connectivity index (χ0n) is 12.5. The lowest BCUT2D eigenvalue weighted by molar-refractivity contribution is 0.566. The van der Waals surface area contributed by atoms with Gasteiger partial charge in [-0.05, 0) is 41.3 Å². The summed E-state index contributed by atoms with van der Waals surface area (Å²) in [5, 5.41) is 0. The Labute approximate surface area is 134 Å². The molecular formula is C17H20BrN3. The molecule has 0 N–H and O–H groups in total. The molecule has 4 heteroatoms. The van der Waals surface area contributed by atoms with E-state index in [0.717, 1.165) is 23.4 Å². The summed E-state index contributed by atoms with van der Waals surface area (Å²) in [5.74, 6) is 1.42. The minimum absolute atomic E-state index is 0.480. The highest BCUT2D eigenvalue weighted by molar-refractivity contribution is 9.10. The highest BCUT2D eigenvalue weighted by Gasteiger charge is 2.35. The quantitative estimate of drug-likeness (QED) is 0.829. The van der Waals surface area contributed by atoms with E-state index in [2.05, 4.69) is 68.9 Å². The van der Waals surface area contributed by atoms with Crippen molar-refractivity contribution in [1.82, 2.24) is 9.97 Å². The Morgan fingerprint density at radius 2 is 1.86 bits per heavy atom. The molecule has 3 nitrogen and oxygen atoms in total. The van der Waals surface area contributed by atoms with E-state index in [9.17, 15) is 0 Å². The Balaban J connectivity index is 1.85. The number of anilines is 1. The highest BCUT2D eigenvalue weighted by atomic mass is 79.9. The van der Waals surface area contributed by atoms with Gasteiger partial charge < -0.3 is 4.90 Å². The molecule has 1 aliphatic rings. The number of aryl methyl sites for hydroxylation is 1. The first-order valence-electron chi connectivity index (χ1n) is 7.49. The molecule has 0 radical (unpaired) electrons. The SMILES string of the molecule is CC[C@@H]1[C@@H](c2ccc(C)cc2)CCN1c1ncc(Br)cn1. The van der Waals surface area contributed by atoms with Crippen molar-refractivity contribution in [2.45, 2.75) is 38.6 Å². The van der Waals surface area contributed by atoms with E-state index in [-0.39, 0.29) is 0 Å². The maximum absolute atomic E-state index is 4.47. The van der Waals surface area contributed by atoms with Gasteiger partial charge in [-0.25, -0.2) is 9.97 Å². The van der Waals surface area contributed by atoms with Gasteiger partial charge in [0.2, 0.25) is 5.95 Å². The first-order chi connectivity index (χ1) is 10.2. The van der Waals surface area contributed by atoms with E-state index >= 15 is 0 Å². The number of halogens is 1. The third-order valence-electron chi connectivity index (χ3n) is 4.33. The Morgan fingerprint density at radius 1 is 1.19 bits per heavy atom. The molecule has 0 bridgehead atoms. The smallest absolute Gasteiger partial charge is 0.225 e. The number of aromatic nitrogens is 2. The van der Waals surface area contributed by atoms with E-state index < -0.39 is 0 Å². The normalized spacial score (nSPS) is 21.8. The molecule has 0 unspecified atom stereocenters. The standard InChI is InChI=1S/C17H20BrN3/c1-3-16-15(13-6-4-12(2)5-7-13)8-9-21(16)17-19-10-14(18)11-20-17/h4-7,10-11,15-16H,3,8-9H2,1-2H3/t15-,16-/m1/s1. The zero-order valence-corrected chi connectivity index (χ0v) is 14.0. The number of hydrogen-bond donors (Lipinski definition) is 0. The number of nitrogens with zero attached hydrogens (tertiary/aromatic N) is 3. The summed E-state index contributed by atoms with van der Waals surface area (Å²) in [6, 6.07) is 9.44. The van der Waals surface area contributed by atoms with Crippen LogP contribution in [0, 0.1) is 6.92 Å². The van der Waals surface area contributed by atoms with Crippen molar-refractivity contribution in [2.75, 3.05) is 11.4 Å². The van der Waals surface area contributed by atoms with Crippen LogP contribution >= 0.6 is 15.9 Å². The van der Waals surface area contributed by atoms with Gasteiger partial charge in [-0.1, -0.05) is 36.8 Å². The van der Waals surface area contributed by atoms with Crippen LogP contribution in [-0.4, -0.2) is 22.6 Å². The fourth-order valence-corrected chi connectivity index (χ4v) is 3.47. The average Bonchev–Trinajstić information content (AvgIpc) is 2.92. The monoisotopic (exact) mass is 345 g/mol. The third kappa shape index (κ3) is 2.95. The second kappa shape index (κ2) is 6.14. The number of rotatable bonds is 3. The van der Waals surface area contributed by atoms with Gasteiger partial charge >= 0.3 is 0 Å². The van der Waals surface area contributed by atoms with Gasteiger partial charge in [0.25, 0.3) is 0 Å². The summed E-state index contributed by atoms with van der Waals surface area (Å²) >= 11 is 3.40. The van der Waals surface area contributed by atoms with Crippen LogP contribution < -0.4 is 4.90 Å². The van der Waals surface area contributed by atoms with E-state index in [0.29, 0.717) is 12.0 Å². The lowest BCUT2D eigenvalue weighted by Gasteiger charge is -2.27. The molecule has 0 amide bonds. The summed E-state index contributed by atoms with van der Waals surface area (Å²) in [6.45, 7) is 5.42. The van der Waals surface area contributed by atoms with Gasteiger partial charge in [0.15, 0.2) is 0 Å². The predicted octanol–water partition coefficient (Wildman–Crippen LogP) is 4.32. The van der Waals surface area contributed by atoms with Gasteiger partial charge in [0.1, 0.15) is 0 Å². The van der Waals surface area contributed by atoms with Crippen molar-refractivity contribution < 1.29 is 0 Å². The summed E-state index contributed by atoms with van der Waals surface area (Å²) in [5.41, 5.74) is 2.75. The van der Waals surface area contributed by atoms with Crippen LogP contribution in [0.15, 0.2) is 41.1 Å². The first kappa shape index (κ1) is 14.5. The van der Waals surface area contributed by atoms with Crippen LogP contribution in [0.2, 0.25) is 0 Å². The minimum Gasteiger partial charge on any atom is -0.337 e. The van der Waals surface area contributed by atoms with Crippen molar-refractivity contribution in [3.8, 4) is 0 Å².